The molecule has 0 heterocycles. The average Bonchev–Trinajstić information content (AvgIpc) is 3.34. The van der Waals surface area contributed by atoms with Crippen LogP contribution in [0.15, 0.2) is 54.6 Å². The van der Waals surface area contributed by atoms with Crippen LogP contribution in [-0.4, -0.2) is 18.2 Å². The van der Waals surface area contributed by atoms with Crippen LogP contribution in [0.25, 0.3) is 0 Å². The summed E-state index contributed by atoms with van der Waals surface area (Å²) in [5.41, 5.74) is 2.46. The molecule has 2 fully saturated rings. The maximum atomic E-state index is 13.0. The van der Waals surface area contributed by atoms with Gasteiger partial charge in [-0.1, -0.05) is 63.4 Å². The Labute approximate surface area is 190 Å². The highest BCUT2D eigenvalue weighted by molar-refractivity contribution is 6.29. The molecule has 5 heteroatoms. The molecule has 4 nitrogen and oxygen atoms in total. The molecule has 0 aromatic heterocycles. The van der Waals surface area contributed by atoms with Gasteiger partial charge in [0.2, 0.25) is 0 Å². The fourth-order valence-electron chi connectivity index (χ4n) is 4.60. The summed E-state index contributed by atoms with van der Waals surface area (Å²) in [6.45, 7) is 6.11. The maximum Gasteiger partial charge on any atom is 0.312 e. The minimum absolute atomic E-state index is 0.0435. The van der Waals surface area contributed by atoms with Gasteiger partial charge in [0.1, 0.15) is 6.10 Å². The number of carbonyl (C=O) groups excluding carboxylic acids is 1. The largest absolute Gasteiger partial charge is 0.457 e. The van der Waals surface area contributed by atoms with Crippen LogP contribution in [0.1, 0.15) is 64.5 Å². The van der Waals surface area contributed by atoms with Crippen LogP contribution in [0.2, 0.25) is 0 Å². The van der Waals surface area contributed by atoms with Gasteiger partial charge in [0.05, 0.1) is 29.5 Å². The lowest BCUT2D eigenvalue weighted by Crippen LogP contribution is -2.21. The average molecular weight is 442 g/mol. The minimum atomic E-state index is -0.361. The first-order valence-electron chi connectivity index (χ1n) is 11.3. The summed E-state index contributed by atoms with van der Waals surface area (Å²) in [5, 5.41) is 0. The Morgan fingerprint density at radius 2 is 1.71 bits per heavy atom. The molecule has 0 aliphatic heterocycles. The summed E-state index contributed by atoms with van der Waals surface area (Å²) >= 11 is 6.53. The van der Waals surface area contributed by atoms with Crippen LogP contribution in [0, 0.1) is 11.3 Å². The number of carbonyl (C=O) groups is 1. The van der Waals surface area contributed by atoms with Crippen molar-refractivity contribution in [3.63, 3.8) is 0 Å². The van der Waals surface area contributed by atoms with Crippen molar-refractivity contribution in [2.75, 3.05) is 4.42 Å². The van der Waals surface area contributed by atoms with E-state index in [0.717, 1.165) is 29.8 Å². The Morgan fingerprint density at radius 3 is 2.42 bits per heavy atom. The first-order valence-corrected chi connectivity index (χ1v) is 11.7. The van der Waals surface area contributed by atoms with Gasteiger partial charge in [-0.15, -0.1) is 0 Å². The number of benzene rings is 2. The number of hydrogen-bond acceptors (Lipinski definition) is 4. The molecule has 4 rings (SSSR count). The van der Waals surface area contributed by atoms with Crippen molar-refractivity contribution in [2.24, 2.45) is 11.3 Å². The third-order valence-corrected chi connectivity index (χ3v) is 7.11. The molecule has 166 valence electrons. The molecule has 0 amide bonds. The number of para-hydroxylation sites is 1. The van der Waals surface area contributed by atoms with Crippen LogP contribution in [0.4, 0.5) is 11.4 Å². The second kappa shape index (κ2) is 9.22. The minimum Gasteiger partial charge on any atom is -0.457 e. The highest BCUT2D eigenvalue weighted by Crippen LogP contribution is 2.56. The molecule has 3 unspecified atom stereocenters. The smallest absolute Gasteiger partial charge is 0.312 e. The zero-order valence-corrected chi connectivity index (χ0v) is 19.3. The first kappa shape index (κ1) is 22.2. The van der Waals surface area contributed by atoms with Crippen LogP contribution >= 0.6 is 11.8 Å². The Bertz CT molecular complexity index is 895. The van der Waals surface area contributed by atoms with Gasteiger partial charge in [0.15, 0.2) is 0 Å². The van der Waals surface area contributed by atoms with Gasteiger partial charge >= 0.3 is 5.97 Å². The quantitative estimate of drug-likeness (QED) is 0.344. The monoisotopic (exact) mass is 441 g/mol. The van der Waals surface area contributed by atoms with Gasteiger partial charge in [-0.2, -0.15) is 0 Å². The second-order valence-corrected chi connectivity index (χ2v) is 9.74. The van der Waals surface area contributed by atoms with E-state index in [9.17, 15) is 4.79 Å². The highest BCUT2D eigenvalue weighted by Gasteiger charge is 2.64. The van der Waals surface area contributed by atoms with Crippen molar-refractivity contribution in [2.45, 2.75) is 71.2 Å². The number of ether oxygens (including phenoxy) is 2. The Morgan fingerprint density at radius 1 is 1.03 bits per heavy atom. The van der Waals surface area contributed by atoms with Crippen LogP contribution in [0.5, 0.6) is 0 Å². The van der Waals surface area contributed by atoms with E-state index < -0.39 is 0 Å². The Kier molecular flexibility index (Phi) is 6.59. The SMILES string of the molecule is CC(OC(=O)C1C(OC2CCCCC2)C1(C)C)c1cccc(N(Cl)c2ccccc2)c1. The predicted octanol–water partition coefficient (Wildman–Crippen LogP) is 6.96. The molecule has 2 aromatic carbocycles. The van der Waals surface area contributed by atoms with Gasteiger partial charge < -0.3 is 9.47 Å². The number of rotatable bonds is 7. The van der Waals surface area contributed by atoms with E-state index in [1.54, 1.807) is 4.42 Å². The van der Waals surface area contributed by atoms with E-state index in [2.05, 4.69) is 13.8 Å². The van der Waals surface area contributed by atoms with E-state index in [0.29, 0.717) is 0 Å². The number of nitrogens with zero attached hydrogens (tertiary/aromatic N) is 1. The lowest BCUT2D eigenvalue weighted by atomic mass is 9.98. The van der Waals surface area contributed by atoms with Crippen LogP contribution < -0.4 is 4.42 Å². The molecule has 2 saturated carbocycles. The van der Waals surface area contributed by atoms with E-state index in [-0.39, 0.29) is 35.6 Å². The summed E-state index contributed by atoms with van der Waals surface area (Å²) in [4.78, 5) is 13.0. The predicted molar refractivity (Wildman–Crippen MR) is 124 cm³/mol. The van der Waals surface area contributed by atoms with Crippen molar-refractivity contribution in [3.05, 3.63) is 60.2 Å². The van der Waals surface area contributed by atoms with Crippen molar-refractivity contribution < 1.29 is 14.3 Å². The number of anilines is 2. The van der Waals surface area contributed by atoms with Crippen LogP contribution in [0.3, 0.4) is 0 Å². The lowest BCUT2D eigenvalue weighted by molar-refractivity contribution is -0.152. The molecule has 0 spiro atoms. The van der Waals surface area contributed by atoms with E-state index in [1.165, 1.54) is 19.3 Å². The summed E-state index contributed by atoms with van der Waals surface area (Å²) in [6.07, 6.45) is 5.83. The molecule has 2 aliphatic rings. The van der Waals surface area contributed by atoms with E-state index >= 15 is 0 Å². The van der Waals surface area contributed by atoms with Gasteiger partial charge in [-0.3, -0.25) is 9.21 Å². The lowest BCUT2D eigenvalue weighted by Gasteiger charge is -2.22. The summed E-state index contributed by atoms with van der Waals surface area (Å²) in [6, 6.07) is 17.5. The van der Waals surface area contributed by atoms with Crippen LogP contribution in [-0.2, 0) is 14.3 Å². The molecule has 2 aliphatic carbocycles. The number of halogens is 1. The van der Waals surface area contributed by atoms with Crippen molar-refractivity contribution in [3.8, 4) is 0 Å². The first-order chi connectivity index (χ1) is 14.9. The molecular weight excluding hydrogens is 410 g/mol. The Hall–Kier alpha value is -2.04. The topological polar surface area (TPSA) is 38.8 Å². The zero-order valence-electron chi connectivity index (χ0n) is 18.6. The third kappa shape index (κ3) is 4.91. The fourth-order valence-corrected chi connectivity index (χ4v) is 4.82. The molecule has 0 bridgehead atoms. The molecule has 2 aromatic rings. The normalized spacial score (nSPS) is 23.7. The van der Waals surface area contributed by atoms with E-state index in [4.69, 9.17) is 21.3 Å². The summed E-state index contributed by atoms with van der Waals surface area (Å²) in [5.74, 6) is -0.372. The molecule has 3 atom stereocenters. The van der Waals surface area contributed by atoms with Gasteiger partial charge in [0, 0.05) is 17.2 Å². The molecule has 0 radical (unpaired) electrons. The van der Waals surface area contributed by atoms with Gasteiger partial charge in [-0.05, 0) is 49.6 Å². The second-order valence-electron chi connectivity index (χ2n) is 9.41. The summed E-state index contributed by atoms with van der Waals surface area (Å²) < 4.78 is 13.8. The number of hydrogen-bond donors (Lipinski definition) is 0. The van der Waals surface area contributed by atoms with Crippen molar-refractivity contribution >= 4 is 29.1 Å². The fraction of sp³-hybridized carbons (Fsp3) is 0.500. The third-order valence-electron chi connectivity index (χ3n) is 6.72. The summed E-state index contributed by atoms with van der Waals surface area (Å²) in [7, 11) is 0. The number of esters is 1. The van der Waals surface area contributed by atoms with E-state index in [1.807, 2.05) is 61.5 Å². The van der Waals surface area contributed by atoms with Crippen molar-refractivity contribution in [1.82, 2.24) is 0 Å². The van der Waals surface area contributed by atoms with Crippen molar-refractivity contribution in [1.29, 1.82) is 0 Å². The molecule has 0 N–H and O–H groups in total. The molecular formula is C26H32ClNO3. The Balaban J connectivity index is 1.39. The molecule has 0 saturated heterocycles. The maximum absolute atomic E-state index is 13.0. The molecule has 31 heavy (non-hydrogen) atoms. The zero-order chi connectivity index (χ0) is 22.0. The highest BCUT2D eigenvalue weighted by atomic mass is 35.5. The standard InChI is InChI=1S/C26H32ClNO3/c1-18(19-11-10-14-21(17-19)28(27)20-12-6-4-7-13-20)30-25(29)23-24(26(23,2)3)31-22-15-8-5-9-16-22/h4,6-7,10-14,17-18,22-24H,5,8-9,15-16H2,1-3H3. The van der Waals surface area contributed by atoms with Gasteiger partial charge in [-0.25, -0.2) is 0 Å². The van der Waals surface area contributed by atoms with Gasteiger partial charge in [0.25, 0.3) is 0 Å².